The molecule has 0 unspecified atom stereocenters. The minimum Gasteiger partial charge on any atom is -0.508 e. The fourth-order valence-corrected chi connectivity index (χ4v) is 2.03. The van der Waals surface area contributed by atoms with Crippen molar-refractivity contribution in [2.75, 3.05) is 0 Å². The largest absolute Gasteiger partial charge is 0.508 e. The summed E-state index contributed by atoms with van der Waals surface area (Å²) >= 11 is 0. The summed E-state index contributed by atoms with van der Waals surface area (Å²) in [7, 11) is 0. The van der Waals surface area contributed by atoms with Crippen molar-refractivity contribution in [1.29, 1.82) is 0 Å². The van der Waals surface area contributed by atoms with E-state index in [0.717, 1.165) is 17.7 Å². The van der Waals surface area contributed by atoms with Gasteiger partial charge >= 0.3 is 0 Å². The number of nitrogens with zero attached hydrogens (tertiary/aromatic N) is 1. The van der Waals surface area contributed by atoms with Crippen molar-refractivity contribution in [3.8, 4) is 17.0 Å². The second-order valence-corrected chi connectivity index (χ2v) is 4.53. The van der Waals surface area contributed by atoms with E-state index in [9.17, 15) is 5.11 Å². The Kier molecular flexibility index (Phi) is 2.34. The lowest BCUT2D eigenvalue weighted by molar-refractivity contribution is 0.475. The highest BCUT2D eigenvalue weighted by atomic mass is 16.3. The molecule has 1 aliphatic carbocycles. The van der Waals surface area contributed by atoms with Gasteiger partial charge < -0.3 is 10.8 Å². The third-order valence-electron chi connectivity index (χ3n) is 3.22. The first-order valence-corrected chi connectivity index (χ1v) is 5.75. The monoisotopic (exact) mass is 226 g/mol. The molecule has 0 saturated heterocycles. The minimum atomic E-state index is 0.273. The maximum absolute atomic E-state index is 9.22. The predicted molar refractivity (Wildman–Crippen MR) is 66.7 cm³/mol. The quantitative estimate of drug-likeness (QED) is 0.825. The van der Waals surface area contributed by atoms with Crippen molar-refractivity contribution in [3.63, 3.8) is 0 Å². The first-order chi connectivity index (χ1) is 8.24. The van der Waals surface area contributed by atoms with Crippen LogP contribution in [0.2, 0.25) is 0 Å². The Labute approximate surface area is 99.9 Å². The smallest absolute Gasteiger partial charge is 0.115 e. The highest BCUT2D eigenvalue weighted by Crippen LogP contribution is 2.38. The second-order valence-electron chi connectivity index (χ2n) is 4.53. The first-order valence-electron chi connectivity index (χ1n) is 5.75. The van der Waals surface area contributed by atoms with E-state index in [-0.39, 0.29) is 5.75 Å². The summed E-state index contributed by atoms with van der Waals surface area (Å²) in [5, 5.41) is 9.22. The molecule has 1 aromatic carbocycles. The van der Waals surface area contributed by atoms with Gasteiger partial charge in [-0.05, 0) is 42.3 Å². The molecule has 0 spiro atoms. The average Bonchev–Trinajstić information content (AvgIpc) is 3.08. The number of hydrogen-bond acceptors (Lipinski definition) is 3. The Morgan fingerprint density at radius 2 is 1.82 bits per heavy atom. The van der Waals surface area contributed by atoms with Crippen LogP contribution in [0.3, 0.4) is 0 Å². The van der Waals surface area contributed by atoms with Gasteiger partial charge in [0, 0.05) is 23.7 Å². The van der Waals surface area contributed by atoms with Gasteiger partial charge in [0.1, 0.15) is 5.75 Å². The Morgan fingerprint density at radius 1 is 1.12 bits per heavy atom. The van der Waals surface area contributed by atoms with E-state index in [1.165, 1.54) is 5.56 Å². The van der Waals surface area contributed by atoms with Crippen LogP contribution in [0.1, 0.15) is 17.9 Å². The molecule has 3 N–H and O–H groups in total. The standard InChI is InChI=1S/C14H14N2O/c15-13-7-12(13)10-3-6-14(16-8-10)9-1-4-11(17)5-2-9/h1-6,8,12-13,17H,7,15H2/t12-,13+/m0/s1. The van der Waals surface area contributed by atoms with Crippen LogP contribution in [-0.4, -0.2) is 16.1 Å². The van der Waals surface area contributed by atoms with Crippen LogP contribution in [0.5, 0.6) is 5.75 Å². The van der Waals surface area contributed by atoms with Crippen LogP contribution in [0.25, 0.3) is 11.3 Å². The molecule has 3 heteroatoms. The highest BCUT2D eigenvalue weighted by Gasteiger charge is 2.34. The molecule has 1 heterocycles. The molecule has 86 valence electrons. The Balaban J connectivity index is 1.86. The van der Waals surface area contributed by atoms with Crippen molar-refractivity contribution in [2.45, 2.75) is 18.4 Å². The van der Waals surface area contributed by atoms with Crippen molar-refractivity contribution in [2.24, 2.45) is 5.73 Å². The van der Waals surface area contributed by atoms with Gasteiger partial charge in [0.25, 0.3) is 0 Å². The van der Waals surface area contributed by atoms with Crippen LogP contribution < -0.4 is 5.73 Å². The summed E-state index contributed by atoms with van der Waals surface area (Å²) in [5.74, 6) is 0.769. The molecule has 1 aliphatic rings. The number of benzene rings is 1. The summed E-state index contributed by atoms with van der Waals surface area (Å²) in [6.45, 7) is 0. The van der Waals surface area contributed by atoms with Gasteiger partial charge in [-0.1, -0.05) is 6.07 Å². The Bertz CT molecular complexity index is 519. The summed E-state index contributed by atoms with van der Waals surface area (Å²) < 4.78 is 0. The summed E-state index contributed by atoms with van der Waals surface area (Å²) in [6, 6.07) is 11.5. The van der Waals surface area contributed by atoms with Crippen LogP contribution >= 0.6 is 0 Å². The lowest BCUT2D eigenvalue weighted by Crippen LogP contribution is -2.01. The summed E-state index contributed by atoms with van der Waals surface area (Å²) in [5.41, 5.74) is 8.96. The van der Waals surface area contributed by atoms with E-state index in [1.807, 2.05) is 24.4 Å². The molecule has 0 radical (unpaired) electrons. The number of hydrogen-bond donors (Lipinski definition) is 2. The number of aromatic nitrogens is 1. The number of pyridine rings is 1. The van der Waals surface area contributed by atoms with E-state index < -0.39 is 0 Å². The van der Waals surface area contributed by atoms with Crippen LogP contribution in [0.15, 0.2) is 42.6 Å². The van der Waals surface area contributed by atoms with E-state index in [0.29, 0.717) is 12.0 Å². The maximum Gasteiger partial charge on any atom is 0.115 e. The van der Waals surface area contributed by atoms with E-state index in [1.54, 1.807) is 12.1 Å². The second kappa shape index (κ2) is 3.86. The highest BCUT2D eigenvalue weighted by molar-refractivity contribution is 5.60. The van der Waals surface area contributed by atoms with Crippen LogP contribution in [-0.2, 0) is 0 Å². The molecule has 0 amide bonds. The lowest BCUT2D eigenvalue weighted by Gasteiger charge is -2.03. The van der Waals surface area contributed by atoms with Crippen LogP contribution in [0.4, 0.5) is 0 Å². The fraction of sp³-hybridized carbons (Fsp3) is 0.214. The number of aromatic hydroxyl groups is 1. The fourth-order valence-electron chi connectivity index (χ4n) is 2.03. The summed E-state index contributed by atoms with van der Waals surface area (Å²) in [6.07, 6.45) is 2.97. The molecule has 1 saturated carbocycles. The summed E-state index contributed by atoms with van der Waals surface area (Å²) in [4.78, 5) is 4.44. The van der Waals surface area contributed by atoms with Crippen molar-refractivity contribution in [1.82, 2.24) is 4.98 Å². The molecule has 2 atom stereocenters. The third-order valence-corrected chi connectivity index (χ3v) is 3.22. The number of phenolic OH excluding ortho intramolecular Hbond substituents is 1. The van der Waals surface area contributed by atoms with Gasteiger partial charge in [-0.25, -0.2) is 0 Å². The van der Waals surface area contributed by atoms with Gasteiger partial charge in [0.05, 0.1) is 5.69 Å². The van der Waals surface area contributed by atoms with Gasteiger partial charge in [0.15, 0.2) is 0 Å². The van der Waals surface area contributed by atoms with Crippen molar-refractivity contribution in [3.05, 3.63) is 48.2 Å². The zero-order valence-electron chi connectivity index (χ0n) is 9.38. The molecular formula is C14H14N2O. The van der Waals surface area contributed by atoms with Crippen molar-refractivity contribution >= 4 is 0 Å². The SMILES string of the molecule is N[C@@H]1C[C@H]1c1ccc(-c2ccc(O)cc2)nc1. The first kappa shape index (κ1) is 10.3. The molecule has 1 fully saturated rings. The third kappa shape index (κ3) is 2.01. The molecule has 2 aromatic rings. The predicted octanol–water partition coefficient (Wildman–Crippen LogP) is 2.27. The molecule has 3 nitrogen and oxygen atoms in total. The maximum atomic E-state index is 9.22. The Hall–Kier alpha value is -1.87. The van der Waals surface area contributed by atoms with Gasteiger partial charge in [-0.15, -0.1) is 0 Å². The van der Waals surface area contributed by atoms with Crippen LogP contribution in [0, 0.1) is 0 Å². The minimum absolute atomic E-state index is 0.273. The van der Waals surface area contributed by atoms with E-state index in [4.69, 9.17) is 5.73 Å². The number of phenols is 1. The normalized spacial score (nSPS) is 22.4. The molecule has 0 bridgehead atoms. The average molecular weight is 226 g/mol. The number of nitrogens with two attached hydrogens (primary N) is 1. The van der Waals surface area contributed by atoms with E-state index >= 15 is 0 Å². The molecule has 17 heavy (non-hydrogen) atoms. The topological polar surface area (TPSA) is 59.1 Å². The van der Waals surface area contributed by atoms with Gasteiger partial charge in [-0.3, -0.25) is 4.98 Å². The van der Waals surface area contributed by atoms with E-state index in [2.05, 4.69) is 11.1 Å². The molecule has 0 aliphatic heterocycles. The number of rotatable bonds is 2. The van der Waals surface area contributed by atoms with Crippen molar-refractivity contribution < 1.29 is 5.11 Å². The molecule has 3 rings (SSSR count). The zero-order chi connectivity index (χ0) is 11.8. The lowest BCUT2D eigenvalue weighted by atomic mass is 10.1. The molecular weight excluding hydrogens is 212 g/mol. The molecule has 1 aromatic heterocycles. The van der Waals surface area contributed by atoms with Gasteiger partial charge in [-0.2, -0.15) is 0 Å². The Morgan fingerprint density at radius 3 is 2.35 bits per heavy atom. The van der Waals surface area contributed by atoms with Gasteiger partial charge in [0.2, 0.25) is 0 Å². The zero-order valence-corrected chi connectivity index (χ0v) is 9.38.